The summed E-state index contributed by atoms with van der Waals surface area (Å²) in [6, 6.07) is 4.44. The smallest absolute Gasteiger partial charge is 0.270 e. The van der Waals surface area contributed by atoms with Crippen molar-refractivity contribution in [2.45, 2.75) is 6.92 Å². The highest BCUT2D eigenvalue weighted by Crippen LogP contribution is 2.21. The van der Waals surface area contributed by atoms with Crippen molar-refractivity contribution in [3.05, 3.63) is 50.2 Å². The fraction of sp³-hybridized carbons (Fsp3) is 0.0909. The molecular weight excluding hydrogens is 314 g/mol. The fourth-order valence-electron chi connectivity index (χ4n) is 1.46. The molecule has 0 atom stereocenters. The van der Waals surface area contributed by atoms with Gasteiger partial charge in [-0.05, 0) is 13.0 Å². The number of rotatable bonds is 3. The first-order valence-corrected chi connectivity index (χ1v) is 6.06. The van der Waals surface area contributed by atoms with Gasteiger partial charge in [0.15, 0.2) is 0 Å². The molecule has 7 nitrogen and oxygen atoms in total. The molecule has 2 rings (SSSR count). The van der Waals surface area contributed by atoms with Crippen LogP contribution in [0, 0.1) is 17.0 Å². The van der Waals surface area contributed by atoms with E-state index in [1.54, 1.807) is 19.2 Å². The lowest BCUT2D eigenvalue weighted by molar-refractivity contribution is -0.384. The van der Waals surface area contributed by atoms with Gasteiger partial charge in [0.25, 0.3) is 5.69 Å². The van der Waals surface area contributed by atoms with E-state index >= 15 is 0 Å². The number of nitro groups is 1. The van der Waals surface area contributed by atoms with Gasteiger partial charge in [-0.1, -0.05) is 15.9 Å². The zero-order chi connectivity index (χ0) is 14.0. The van der Waals surface area contributed by atoms with E-state index in [-0.39, 0.29) is 11.6 Å². The summed E-state index contributed by atoms with van der Waals surface area (Å²) in [5, 5.41) is 14.8. The molecule has 0 aliphatic carbocycles. The molecule has 0 unspecified atom stereocenters. The monoisotopic (exact) mass is 323 g/mol. The van der Waals surface area contributed by atoms with Crippen LogP contribution < -0.4 is 5.73 Å². The highest BCUT2D eigenvalue weighted by Gasteiger charge is 2.08. The lowest BCUT2D eigenvalue weighted by Gasteiger charge is -1.99. The third-order valence-corrected chi connectivity index (χ3v) is 3.07. The summed E-state index contributed by atoms with van der Waals surface area (Å²) in [4.78, 5) is 14.2. The Morgan fingerprint density at radius 3 is 2.89 bits per heavy atom. The second kappa shape index (κ2) is 5.19. The summed E-state index contributed by atoms with van der Waals surface area (Å²) in [5.74, 6) is 0.260. The van der Waals surface area contributed by atoms with Crippen LogP contribution in [0.4, 0.5) is 11.6 Å². The molecule has 1 heterocycles. The number of hydrogen-bond donors (Lipinski definition) is 1. The first-order valence-electron chi connectivity index (χ1n) is 5.27. The van der Waals surface area contributed by atoms with E-state index in [1.165, 1.54) is 23.0 Å². The predicted octanol–water partition coefficient (Wildman–Crippen LogP) is 2.33. The van der Waals surface area contributed by atoms with E-state index in [0.717, 1.165) is 5.69 Å². The van der Waals surface area contributed by atoms with Gasteiger partial charge < -0.3 is 5.73 Å². The van der Waals surface area contributed by atoms with E-state index in [9.17, 15) is 10.1 Å². The number of nitrogen functional groups attached to an aromatic ring is 1. The van der Waals surface area contributed by atoms with Gasteiger partial charge in [0.05, 0.1) is 23.0 Å². The predicted molar refractivity (Wildman–Crippen MR) is 75.2 cm³/mol. The number of non-ortho nitro benzene ring substituents is 1. The number of nitrogens with zero attached hydrogens (tertiary/aromatic N) is 4. The van der Waals surface area contributed by atoms with Crippen molar-refractivity contribution in [2.75, 3.05) is 5.73 Å². The van der Waals surface area contributed by atoms with E-state index < -0.39 is 4.92 Å². The molecule has 2 N–H and O–H groups in total. The summed E-state index contributed by atoms with van der Waals surface area (Å²) < 4.78 is 2.11. The number of benzene rings is 1. The molecule has 0 amide bonds. The Kier molecular flexibility index (Phi) is 3.61. The summed E-state index contributed by atoms with van der Waals surface area (Å²) in [7, 11) is 0. The standard InChI is InChI=1S/C11H10BrN5O2/c1-7-6-16(11(13)15-7)14-5-8-4-9(17(18)19)2-3-10(8)12/h2-6H,1H3,(H2,13,15). The molecule has 0 saturated carbocycles. The summed E-state index contributed by atoms with van der Waals surface area (Å²) >= 11 is 3.31. The lowest BCUT2D eigenvalue weighted by Crippen LogP contribution is -1.97. The van der Waals surface area contributed by atoms with E-state index in [2.05, 4.69) is 26.0 Å². The number of aryl methyl sites for hydroxylation is 1. The normalized spacial score (nSPS) is 11.1. The second-order valence-electron chi connectivity index (χ2n) is 3.79. The highest BCUT2D eigenvalue weighted by molar-refractivity contribution is 9.10. The zero-order valence-corrected chi connectivity index (χ0v) is 11.5. The van der Waals surface area contributed by atoms with Crippen LogP contribution in [0.1, 0.15) is 11.3 Å². The fourth-order valence-corrected chi connectivity index (χ4v) is 1.81. The molecule has 0 fully saturated rings. The molecule has 2 aromatic rings. The van der Waals surface area contributed by atoms with Gasteiger partial charge in [0.1, 0.15) is 0 Å². The first kappa shape index (κ1) is 13.2. The molecule has 8 heteroatoms. The third kappa shape index (κ3) is 2.97. The van der Waals surface area contributed by atoms with Crippen LogP contribution in [0.5, 0.6) is 0 Å². The van der Waals surface area contributed by atoms with Gasteiger partial charge in [0, 0.05) is 22.2 Å². The number of anilines is 1. The molecule has 0 spiro atoms. The number of aromatic nitrogens is 2. The second-order valence-corrected chi connectivity index (χ2v) is 4.65. The van der Waals surface area contributed by atoms with Crippen LogP contribution in [0.25, 0.3) is 0 Å². The van der Waals surface area contributed by atoms with Crippen LogP contribution in [-0.4, -0.2) is 20.8 Å². The number of hydrogen-bond acceptors (Lipinski definition) is 5. The topological polar surface area (TPSA) is 99.3 Å². The maximum Gasteiger partial charge on any atom is 0.270 e. The highest BCUT2D eigenvalue weighted by atomic mass is 79.9. The first-order chi connectivity index (χ1) is 8.97. The van der Waals surface area contributed by atoms with Gasteiger partial charge in [0.2, 0.25) is 5.95 Å². The molecule has 0 aliphatic rings. The SMILES string of the molecule is Cc1cn(N=Cc2cc([N+](=O)[O-])ccc2Br)c(N)n1. The Morgan fingerprint density at radius 1 is 1.58 bits per heavy atom. The number of nitro benzene ring substituents is 1. The number of nitrogens with two attached hydrogens (primary N) is 1. The van der Waals surface area contributed by atoms with Gasteiger partial charge in [-0.3, -0.25) is 10.1 Å². The largest absolute Gasteiger partial charge is 0.368 e. The Balaban J connectivity index is 2.35. The minimum atomic E-state index is -0.459. The summed E-state index contributed by atoms with van der Waals surface area (Å²) in [6.07, 6.45) is 3.14. The van der Waals surface area contributed by atoms with Crippen molar-refractivity contribution in [2.24, 2.45) is 5.10 Å². The molecular formula is C11H10BrN5O2. The van der Waals surface area contributed by atoms with Gasteiger partial charge in [-0.25, -0.2) is 9.66 Å². The van der Waals surface area contributed by atoms with Gasteiger partial charge >= 0.3 is 0 Å². The van der Waals surface area contributed by atoms with Crippen molar-refractivity contribution in [3.63, 3.8) is 0 Å². The molecule has 1 aromatic heterocycles. The Morgan fingerprint density at radius 2 is 2.32 bits per heavy atom. The van der Waals surface area contributed by atoms with E-state index in [4.69, 9.17) is 5.73 Å². The minimum Gasteiger partial charge on any atom is -0.368 e. The average molecular weight is 324 g/mol. The van der Waals surface area contributed by atoms with Crippen molar-refractivity contribution in [1.29, 1.82) is 0 Å². The Hall–Kier alpha value is -2.22. The average Bonchev–Trinajstić information content (AvgIpc) is 2.66. The number of halogens is 1. The quantitative estimate of drug-likeness (QED) is 0.532. The van der Waals surface area contributed by atoms with Crippen LogP contribution in [0.2, 0.25) is 0 Å². The van der Waals surface area contributed by atoms with Crippen molar-refractivity contribution in [1.82, 2.24) is 9.66 Å². The Bertz CT molecular complexity index is 665. The van der Waals surface area contributed by atoms with E-state index in [1.807, 2.05) is 0 Å². The minimum absolute atomic E-state index is 0.000524. The van der Waals surface area contributed by atoms with Crippen molar-refractivity contribution in [3.8, 4) is 0 Å². The Labute approximate surface area is 117 Å². The maximum atomic E-state index is 10.7. The van der Waals surface area contributed by atoms with Crippen LogP contribution in [0.15, 0.2) is 34.0 Å². The van der Waals surface area contributed by atoms with Gasteiger partial charge in [-0.15, -0.1) is 0 Å². The van der Waals surface area contributed by atoms with Crippen molar-refractivity contribution >= 4 is 33.8 Å². The van der Waals surface area contributed by atoms with Crippen molar-refractivity contribution < 1.29 is 4.92 Å². The molecule has 98 valence electrons. The lowest BCUT2D eigenvalue weighted by atomic mass is 10.2. The molecule has 0 aliphatic heterocycles. The van der Waals surface area contributed by atoms with Crippen LogP contribution in [0.3, 0.4) is 0 Å². The number of imidazole rings is 1. The van der Waals surface area contributed by atoms with Gasteiger partial charge in [-0.2, -0.15) is 5.10 Å². The molecule has 0 radical (unpaired) electrons. The molecule has 19 heavy (non-hydrogen) atoms. The summed E-state index contributed by atoms with van der Waals surface area (Å²) in [6.45, 7) is 1.80. The maximum absolute atomic E-state index is 10.7. The third-order valence-electron chi connectivity index (χ3n) is 2.35. The summed E-state index contributed by atoms with van der Waals surface area (Å²) in [5.41, 5.74) is 6.97. The molecule has 0 bridgehead atoms. The van der Waals surface area contributed by atoms with E-state index in [0.29, 0.717) is 10.0 Å². The molecule has 1 aromatic carbocycles. The molecule has 0 saturated heterocycles. The zero-order valence-electron chi connectivity index (χ0n) is 9.95. The van der Waals surface area contributed by atoms with Crippen LogP contribution >= 0.6 is 15.9 Å². The van der Waals surface area contributed by atoms with Crippen LogP contribution in [-0.2, 0) is 0 Å².